The van der Waals surface area contributed by atoms with Gasteiger partial charge in [-0.05, 0) is 61.6 Å². The molecule has 140 valence electrons. The summed E-state index contributed by atoms with van der Waals surface area (Å²) in [6.07, 6.45) is 0.904. The Morgan fingerprint density at radius 1 is 1.08 bits per heavy atom. The Balaban J connectivity index is 2.10. The lowest BCUT2D eigenvalue weighted by molar-refractivity contribution is -0.128. The maximum Gasteiger partial charge on any atom is 0.261 e. The van der Waals surface area contributed by atoms with Crippen molar-refractivity contribution in [1.82, 2.24) is 5.32 Å². The highest BCUT2D eigenvalue weighted by Gasteiger charge is 2.22. The van der Waals surface area contributed by atoms with E-state index in [1.54, 1.807) is 7.11 Å². The first-order valence-corrected chi connectivity index (χ1v) is 9.16. The van der Waals surface area contributed by atoms with Crippen molar-refractivity contribution in [3.63, 3.8) is 0 Å². The van der Waals surface area contributed by atoms with Crippen LogP contribution in [0.15, 0.2) is 42.5 Å². The van der Waals surface area contributed by atoms with E-state index in [2.05, 4.69) is 18.3 Å². The lowest BCUT2D eigenvalue weighted by Crippen LogP contribution is -2.40. The van der Waals surface area contributed by atoms with Gasteiger partial charge in [0.25, 0.3) is 5.91 Å². The Kier molecular flexibility index (Phi) is 7.07. The van der Waals surface area contributed by atoms with Crippen molar-refractivity contribution in [3.8, 4) is 11.5 Å². The fraction of sp³-hybridized carbons (Fsp3) is 0.409. The number of nitrogens with one attached hydrogen (secondary N) is 1. The number of ether oxygens (including phenoxy) is 2. The van der Waals surface area contributed by atoms with Gasteiger partial charge in [-0.25, -0.2) is 0 Å². The summed E-state index contributed by atoms with van der Waals surface area (Å²) < 4.78 is 11.2. The Morgan fingerprint density at radius 3 is 2.42 bits per heavy atom. The quantitative estimate of drug-likeness (QED) is 0.744. The number of rotatable bonds is 8. The van der Waals surface area contributed by atoms with Crippen LogP contribution in [0.3, 0.4) is 0 Å². The average Bonchev–Trinajstić information content (AvgIpc) is 2.64. The van der Waals surface area contributed by atoms with Gasteiger partial charge >= 0.3 is 0 Å². The minimum absolute atomic E-state index is 0.0535. The van der Waals surface area contributed by atoms with Gasteiger partial charge in [-0.15, -0.1) is 0 Å². The van der Waals surface area contributed by atoms with Crippen LogP contribution in [0.25, 0.3) is 0 Å². The maximum atomic E-state index is 12.8. The first kappa shape index (κ1) is 19.8. The molecule has 0 saturated heterocycles. The summed E-state index contributed by atoms with van der Waals surface area (Å²) in [5, 5.41) is 3.13. The molecule has 0 aliphatic carbocycles. The Morgan fingerprint density at radius 2 is 1.85 bits per heavy atom. The largest absolute Gasteiger partial charge is 0.496 e. The molecule has 0 aliphatic heterocycles. The van der Waals surface area contributed by atoms with Gasteiger partial charge in [-0.1, -0.05) is 38.1 Å². The summed E-state index contributed by atoms with van der Waals surface area (Å²) in [7, 11) is 1.66. The third-order valence-corrected chi connectivity index (χ3v) is 4.48. The number of aryl methyl sites for hydroxylation is 2. The van der Waals surface area contributed by atoms with Crippen LogP contribution >= 0.6 is 0 Å². The molecule has 0 heterocycles. The van der Waals surface area contributed by atoms with Crippen LogP contribution in [0, 0.1) is 13.8 Å². The molecular weight excluding hydrogens is 326 g/mol. The molecule has 0 aliphatic rings. The van der Waals surface area contributed by atoms with Gasteiger partial charge in [0.05, 0.1) is 13.2 Å². The van der Waals surface area contributed by atoms with E-state index in [0.29, 0.717) is 6.42 Å². The summed E-state index contributed by atoms with van der Waals surface area (Å²) >= 11 is 0. The van der Waals surface area contributed by atoms with Crippen molar-refractivity contribution < 1.29 is 14.3 Å². The zero-order chi connectivity index (χ0) is 19.1. The first-order chi connectivity index (χ1) is 12.5. The second-order valence-electron chi connectivity index (χ2n) is 6.53. The summed E-state index contributed by atoms with van der Waals surface area (Å²) in [5.41, 5.74) is 3.24. The predicted octanol–water partition coefficient (Wildman–Crippen LogP) is 4.74. The minimum atomic E-state index is -0.509. The summed E-state index contributed by atoms with van der Waals surface area (Å²) in [6, 6.07) is 13.7. The van der Waals surface area contributed by atoms with Crippen molar-refractivity contribution in [1.29, 1.82) is 0 Å². The molecule has 0 saturated carbocycles. The molecule has 4 heteroatoms. The third-order valence-electron chi connectivity index (χ3n) is 4.48. The number of carbonyl (C=O) groups excluding carboxylic acids is 1. The molecule has 0 fully saturated rings. The fourth-order valence-corrected chi connectivity index (χ4v) is 2.98. The molecule has 26 heavy (non-hydrogen) atoms. The van der Waals surface area contributed by atoms with Gasteiger partial charge in [-0.2, -0.15) is 0 Å². The SMILES string of the molecule is CC[C@H](Oc1cccc(C)c1)C(=O)N[C@@H](CC)c1ccc(OC)c(C)c1. The zero-order valence-electron chi connectivity index (χ0n) is 16.3. The number of hydrogen-bond acceptors (Lipinski definition) is 3. The molecule has 0 unspecified atom stereocenters. The Hall–Kier alpha value is -2.49. The fourth-order valence-electron chi connectivity index (χ4n) is 2.98. The Bertz CT molecular complexity index is 742. The van der Waals surface area contributed by atoms with Crippen molar-refractivity contribution in [3.05, 3.63) is 59.2 Å². The number of benzene rings is 2. The van der Waals surface area contributed by atoms with Crippen LogP contribution in [0.4, 0.5) is 0 Å². The van der Waals surface area contributed by atoms with Crippen LogP contribution in [0.5, 0.6) is 11.5 Å². The van der Waals surface area contributed by atoms with E-state index in [4.69, 9.17) is 9.47 Å². The molecule has 4 nitrogen and oxygen atoms in total. The van der Waals surface area contributed by atoms with E-state index in [1.165, 1.54) is 0 Å². The summed E-state index contributed by atoms with van der Waals surface area (Å²) in [5.74, 6) is 1.49. The monoisotopic (exact) mass is 355 g/mol. The lowest BCUT2D eigenvalue weighted by Gasteiger charge is -2.23. The molecule has 1 N–H and O–H groups in total. The topological polar surface area (TPSA) is 47.6 Å². The van der Waals surface area contributed by atoms with Gasteiger partial charge in [0.15, 0.2) is 6.10 Å². The molecule has 2 rings (SSSR count). The second-order valence-corrected chi connectivity index (χ2v) is 6.53. The highest BCUT2D eigenvalue weighted by Crippen LogP contribution is 2.24. The molecule has 0 spiro atoms. The smallest absolute Gasteiger partial charge is 0.261 e. The molecule has 2 atom stereocenters. The summed E-state index contributed by atoms with van der Waals surface area (Å²) in [4.78, 5) is 12.8. The predicted molar refractivity (Wildman–Crippen MR) is 105 cm³/mol. The van der Waals surface area contributed by atoms with Gasteiger partial charge in [0, 0.05) is 0 Å². The molecule has 2 aromatic rings. The number of hydrogen-bond donors (Lipinski definition) is 1. The van der Waals surface area contributed by atoms with Crippen LogP contribution in [-0.4, -0.2) is 19.1 Å². The van der Waals surface area contributed by atoms with Crippen molar-refractivity contribution in [2.24, 2.45) is 0 Å². The van der Waals surface area contributed by atoms with Crippen molar-refractivity contribution in [2.75, 3.05) is 7.11 Å². The highest BCUT2D eigenvalue weighted by molar-refractivity contribution is 5.81. The van der Waals surface area contributed by atoms with Crippen LogP contribution in [-0.2, 0) is 4.79 Å². The standard InChI is InChI=1S/C22H29NO3/c1-6-19(17-11-12-21(25-5)16(4)14-17)23-22(24)20(7-2)26-18-10-8-9-15(3)13-18/h8-14,19-20H,6-7H2,1-5H3,(H,23,24)/t19-,20-/m0/s1. The highest BCUT2D eigenvalue weighted by atomic mass is 16.5. The number of methoxy groups -OCH3 is 1. The second kappa shape index (κ2) is 9.27. The molecule has 0 radical (unpaired) electrons. The van der Waals surface area contributed by atoms with Gasteiger partial charge in [0.1, 0.15) is 11.5 Å². The third kappa shape index (κ3) is 5.01. The Labute approximate surface area is 156 Å². The van der Waals surface area contributed by atoms with Crippen LogP contribution < -0.4 is 14.8 Å². The molecular formula is C22H29NO3. The van der Waals surface area contributed by atoms with Gasteiger partial charge in [0.2, 0.25) is 0 Å². The lowest BCUT2D eigenvalue weighted by atomic mass is 10.0. The van der Waals surface area contributed by atoms with E-state index in [9.17, 15) is 4.79 Å². The summed E-state index contributed by atoms with van der Waals surface area (Å²) in [6.45, 7) is 8.03. The van der Waals surface area contributed by atoms with E-state index in [-0.39, 0.29) is 11.9 Å². The molecule has 1 amide bonds. The van der Waals surface area contributed by atoms with Crippen molar-refractivity contribution >= 4 is 5.91 Å². The van der Waals surface area contributed by atoms with Crippen LogP contribution in [0.1, 0.15) is 49.4 Å². The first-order valence-electron chi connectivity index (χ1n) is 9.16. The zero-order valence-corrected chi connectivity index (χ0v) is 16.3. The number of carbonyl (C=O) groups is 1. The van der Waals surface area contributed by atoms with Gasteiger partial charge in [-0.3, -0.25) is 4.79 Å². The van der Waals surface area contributed by atoms with E-state index in [0.717, 1.165) is 34.6 Å². The van der Waals surface area contributed by atoms with Crippen LogP contribution in [0.2, 0.25) is 0 Å². The van der Waals surface area contributed by atoms with Gasteiger partial charge < -0.3 is 14.8 Å². The molecule has 0 bridgehead atoms. The molecule has 0 aromatic heterocycles. The minimum Gasteiger partial charge on any atom is -0.496 e. The number of amides is 1. The maximum absolute atomic E-state index is 12.8. The van der Waals surface area contributed by atoms with E-state index < -0.39 is 6.10 Å². The average molecular weight is 355 g/mol. The van der Waals surface area contributed by atoms with E-state index >= 15 is 0 Å². The van der Waals surface area contributed by atoms with Crippen molar-refractivity contribution in [2.45, 2.75) is 52.7 Å². The van der Waals surface area contributed by atoms with E-state index in [1.807, 2.05) is 57.2 Å². The normalized spacial score (nSPS) is 13.0. The molecule has 2 aromatic carbocycles.